The molecule has 2 aromatic rings. The summed E-state index contributed by atoms with van der Waals surface area (Å²) in [4.78, 5) is 41.8. The standard InChI is InChI=1S/C24H28N4O3/c1-16(2)13-22(27-17(3)29)24(31)28-21(14-18-7-5-4-6-8-18)23(30)20(15-25)19-9-11-26-12-10-19/h4-12,16,20-22H,13-14H2,1-3H3,(H,27,29)(H,28,31)/t20?,21-,22?/m0/s1. The number of benzene rings is 1. The second kappa shape index (κ2) is 11.6. The van der Waals surface area contributed by atoms with Crippen LogP contribution in [0.2, 0.25) is 0 Å². The minimum absolute atomic E-state index is 0.162. The van der Waals surface area contributed by atoms with Gasteiger partial charge in [0.25, 0.3) is 0 Å². The number of amides is 2. The van der Waals surface area contributed by atoms with Crippen molar-refractivity contribution in [3.8, 4) is 6.07 Å². The van der Waals surface area contributed by atoms with Gasteiger partial charge >= 0.3 is 0 Å². The van der Waals surface area contributed by atoms with E-state index >= 15 is 0 Å². The largest absolute Gasteiger partial charge is 0.345 e. The highest BCUT2D eigenvalue weighted by Gasteiger charge is 2.32. The molecular formula is C24H28N4O3. The Morgan fingerprint density at radius 2 is 1.65 bits per heavy atom. The van der Waals surface area contributed by atoms with Crippen LogP contribution >= 0.6 is 0 Å². The third kappa shape index (κ3) is 7.34. The van der Waals surface area contributed by atoms with Gasteiger partial charge in [-0.2, -0.15) is 5.26 Å². The number of nitriles is 1. The lowest BCUT2D eigenvalue weighted by molar-refractivity contribution is -0.131. The first-order chi connectivity index (χ1) is 14.8. The Morgan fingerprint density at radius 1 is 1.00 bits per heavy atom. The van der Waals surface area contributed by atoms with Gasteiger partial charge < -0.3 is 10.6 Å². The summed E-state index contributed by atoms with van der Waals surface area (Å²) in [5.74, 6) is -2.05. The maximum absolute atomic E-state index is 13.3. The van der Waals surface area contributed by atoms with Crippen LogP contribution in [0.25, 0.3) is 0 Å². The fraction of sp³-hybridized carbons (Fsp3) is 0.375. The van der Waals surface area contributed by atoms with Gasteiger partial charge in [0.05, 0.1) is 12.1 Å². The van der Waals surface area contributed by atoms with Gasteiger partial charge in [0, 0.05) is 19.3 Å². The summed E-state index contributed by atoms with van der Waals surface area (Å²) in [5.41, 5.74) is 1.38. The average molecular weight is 421 g/mol. The molecule has 7 nitrogen and oxygen atoms in total. The van der Waals surface area contributed by atoms with Gasteiger partial charge in [-0.3, -0.25) is 19.4 Å². The van der Waals surface area contributed by atoms with Gasteiger partial charge in [0.2, 0.25) is 11.8 Å². The van der Waals surface area contributed by atoms with Crippen molar-refractivity contribution >= 4 is 17.6 Å². The summed E-state index contributed by atoms with van der Waals surface area (Å²) >= 11 is 0. The van der Waals surface area contributed by atoms with Crippen LogP contribution in [0.4, 0.5) is 0 Å². The normalized spacial score (nSPS) is 13.5. The average Bonchev–Trinajstić information content (AvgIpc) is 2.74. The summed E-state index contributed by atoms with van der Waals surface area (Å²) in [6.45, 7) is 5.25. The molecular weight excluding hydrogens is 392 g/mol. The summed E-state index contributed by atoms with van der Waals surface area (Å²) in [6, 6.07) is 12.9. The molecule has 2 rings (SSSR count). The van der Waals surface area contributed by atoms with Crippen LogP contribution in [0.15, 0.2) is 54.9 Å². The molecule has 0 saturated carbocycles. The Hall–Kier alpha value is -3.53. The second-order valence-electron chi connectivity index (χ2n) is 7.88. The number of ketones is 1. The van der Waals surface area contributed by atoms with Crippen molar-refractivity contribution < 1.29 is 14.4 Å². The zero-order valence-electron chi connectivity index (χ0n) is 18.0. The molecule has 0 saturated heterocycles. The first-order valence-corrected chi connectivity index (χ1v) is 10.3. The smallest absolute Gasteiger partial charge is 0.243 e. The van der Waals surface area contributed by atoms with Crippen molar-refractivity contribution in [1.29, 1.82) is 5.26 Å². The number of aromatic nitrogens is 1. The van der Waals surface area contributed by atoms with Crippen LogP contribution in [0.3, 0.4) is 0 Å². The number of nitrogens with one attached hydrogen (secondary N) is 2. The monoisotopic (exact) mass is 420 g/mol. The van der Waals surface area contributed by atoms with E-state index in [0.29, 0.717) is 12.0 Å². The SMILES string of the molecule is CC(=O)NC(CC(C)C)C(=O)N[C@@H](Cc1ccccc1)C(=O)C(C#N)c1ccncc1. The van der Waals surface area contributed by atoms with Crippen LogP contribution in [0, 0.1) is 17.2 Å². The number of carbonyl (C=O) groups excluding carboxylic acids is 3. The molecule has 0 radical (unpaired) electrons. The molecule has 0 aliphatic rings. The van der Waals surface area contributed by atoms with Crippen molar-refractivity contribution in [1.82, 2.24) is 15.6 Å². The zero-order valence-corrected chi connectivity index (χ0v) is 18.0. The predicted molar refractivity (Wildman–Crippen MR) is 117 cm³/mol. The quantitative estimate of drug-likeness (QED) is 0.613. The topological polar surface area (TPSA) is 112 Å². The fourth-order valence-electron chi connectivity index (χ4n) is 3.35. The van der Waals surface area contributed by atoms with Crippen molar-refractivity contribution in [3.05, 3.63) is 66.0 Å². The van der Waals surface area contributed by atoms with E-state index in [0.717, 1.165) is 5.56 Å². The lowest BCUT2D eigenvalue weighted by atomic mass is 9.89. The number of rotatable bonds is 10. The lowest BCUT2D eigenvalue weighted by Crippen LogP contribution is -2.53. The molecule has 2 unspecified atom stereocenters. The fourth-order valence-corrected chi connectivity index (χ4v) is 3.35. The molecule has 0 bridgehead atoms. The molecule has 162 valence electrons. The minimum atomic E-state index is -1.04. The van der Waals surface area contributed by atoms with Gasteiger partial charge in [0.15, 0.2) is 5.78 Å². The second-order valence-corrected chi connectivity index (χ2v) is 7.88. The molecule has 0 spiro atoms. The summed E-state index contributed by atoms with van der Waals surface area (Å²) in [6.07, 6.45) is 3.72. The number of Topliss-reactive ketones (excluding diaryl/α,β-unsaturated/α-hetero) is 1. The maximum Gasteiger partial charge on any atom is 0.243 e. The molecule has 3 atom stereocenters. The molecule has 7 heteroatoms. The predicted octanol–water partition coefficient (Wildman–Crippen LogP) is 2.54. The van der Waals surface area contributed by atoms with Crippen LogP contribution in [0.5, 0.6) is 0 Å². The van der Waals surface area contributed by atoms with E-state index in [4.69, 9.17) is 0 Å². The number of nitrogens with zero attached hydrogens (tertiary/aromatic N) is 2. The minimum Gasteiger partial charge on any atom is -0.345 e. The first-order valence-electron chi connectivity index (χ1n) is 10.3. The maximum atomic E-state index is 13.3. The van der Waals surface area contributed by atoms with Crippen molar-refractivity contribution in [2.45, 2.75) is 51.6 Å². The molecule has 2 amide bonds. The van der Waals surface area contributed by atoms with E-state index < -0.39 is 29.7 Å². The Kier molecular flexibility index (Phi) is 8.89. The highest BCUT2D eigenvalue weighted by Crippen LogP contribution is 2.19. The molecule has 2 N–H and O–H groups in total. The van der Waals surface area contributed by atoms with E-state index in [1.54, 1.807) is 12.1 Å². The third-order valence-electron chi connectivity index (χ3n) is 4.80. The highest BCUT2D eigenvalue weighted by atomic mass is 16.2. The summed E-state index contributed by atoms with van der Waals surface area (Å²) in [5, 5.41) is 15.1. The Balaban J connectivity index is 2.31. The van der Waals surface area contributed by atoms with Gasteiger partial charge in [-0.05, 0) is 42.0 Å². The Labute approximate surface area is 182 Å². The molecule has 0 aliphatic heterocycles. The molecule has 0 aliphatic carbocycles. The zero-order chi connectivity index (χ0) is 22.8. The van der Waals surface area contributed by atoms with Crippen LogP contribution < -0.4 is 10.6 Å². The Morgan fingerprint density at radius 3 is 2.19 bits per heavy atom. The molecule has 1 aromatic carbocycles. The van der Waals surface area contributed by atoms with E-state index in [-0.39, 0.29) is 18.2 Å². The molecule has 1 heterocycles. The van der Waals surface area contributed by atoms with Crippen molar-refractivity contribution in [2.75, 3.05) is 0 Å². The van der Waals surface area contributed by atoms with Crippen molar-refractivity contribution in [3.63, 3.8) is 0 Å². The third-order valence-corrected chi connectivity index (χ3v) is 4.80. The number of pyridine rings is 1. The van der Waals surface area contributed by atoms with Gasteiger partial charge in [-0.1, -0.05) is 44.2 Å². The van der Waals surface area contributed by atoms with Crippen molar-refractivity contribution in [2.24, 2.45) is 5.92 Å². The van der Waals surface area contributed by atoms with Gasteiger partial charge in [-0.25, -0.2) is 0 Å². The van der Waals surface area contributed by atoms with Crippen LogP contribution in [-0.2, 0) is 20.8 Å². The summed E-state index contributed by atoms with van der Waals surface area (Å²) in [7, 11) is 0. The van der Waals surface area contributed by atoms with E-state index in [9.17, 15) is 19.6 Å². The first kappa shape index (κ1) is 23.7. The molecule has 1 aromatic heterocycles. The number of carbonyl (C=O) groups is 3. The lowest BCUT2D eigenvalue weighted by Gasteiger charge is -2.25. The summed E-state index contributed by atoms with van der Waals surface area (Å²) < 4.78 is 0. The Bertz CT molecular complexity index is 923. The van der Waals surface area contributed by atoms with Crippen LogP contribution in [-0.4, -0.2) is 34.7 Å². The van der Waals surface area contributed by atoms with E-state index in [1.165, 1.54) is 19.3 Å². The number of hydrogen-bond acceptors (Lipinski definition) is 5. The van der Waals surface area contributed by atoms with E-state index in [2.05, 4.69) is 21.7 Å². The van der Waals surface area contributed by atoms with Gasteiger partial charge in [-0.15, -0.1) is 0 Å². The highest BCUT2D eigenvalue weighted by molar-refractivity contribution is 5.97. The number of hydrogen-bond donors (Lipinski definition) is 2. The molecule has 0 fully saturated rings. The van der Waals surface area contributed by atoms with Gasteiger partial charge in [0.1, 0.15) is 12.0 Å². The molecule has 31 heavy (non-hydrogen) atoms. The van der Waals surface area contributed by atoms with E-state index in [1.807, 2.05) is 44.2 Å². The van der Waals surface area contributed by atoms with Crippen LogP contribution in [0.1, 0.15) is 44.2 Å².